The Hall–Kier alpha value is 0.580. The lowest BCUT2D eigenvalue weighted by Gasteiger charge is -2.29. The molecule has 0 saturated carbocycles. The van der Waals surface area contributed by atoms with E-state index in [2.05, 4.69) is 25.3 Å². The molecule has 0 saturated heterocycles. The normalized spacial score (nSPS) is 12.0. The van der Waals surface area contributed by atoms with E-state index in [1.54, 1.807) is 6.92 Å². The average Bonchev–Trinajstić information content (AvgIpc) is 2.21. The largest absolute Gasteiger partial charge is 0.328 e. The van der Waals surface area contributed by atoms with Crippen molar-refractivity contribution in [1.82, 2.24) is 0 Å². The molecule has 86 valence electrons. The SMILES string of the molecule is CCCOC(C)(OCCS)OCCS. The summed E-state index contributed by atoms with van der Waals surface area (Å²) in [6.45, 7) is 5.45. The predicted molar refractivity (Wildman–Crippen MR) is 64.3 cm³/mol. The first-order valence-electron chi connectivity index (χ1n) is 4.82. The van der Waals surface area contributed by atoms with Crippen molar-refractivity contribution >= 4 is 25.3 Å². The molecule has 0 unspecified atom stereocenters. The molecule has 0 aromatic heterocycles. The minimum atomic E-state index is -0.943. The van der Waals surface area contributed by atoms with Gasteiger partial charge in [0, 0.05) is 18.4 Å². The molecular weight excluding hydrogens is 220 g/mol. The summed E-state index contributed by atoms with van der Waals surface area (Å²) in [5, 5.41) is 0. The zero-order chi connectivity index (χ0) is 10.9. The molecule has 14 heavy (non-hydrogen) atoms. The Morgan fingerprint density at radius 3 is 1.71 bits per heavy atom. The Morgan fingerprint density at radius 1 is 0.929 bits per heavy atom. The van der Waals surface area contributed by atoms with Gasteiger partial charge in [-0.05, 0) is 6.42 Å². The van der Waals surface area contributed by atoms with Crippen molar-refractivity contribution in [1.29, 1.82) is 0 Å². The molecule has 0 amide bonds. The molecule has 0 N–H and O–H groups in total. The van der Waals surface area contributed by atoms with Crippen LogP contribution in [0.2, 0.25) is 0 Å². The Balaban J connectivity index is 3.89. The van der Waals surface area contributed by atoms with E-state index >= 15 is 0 Å². The van der Waals surface area contributed by atoms with Crippen LogP contribution in [0, 0.1) is 0 Å². The van der Waals surface area contributed by atoms with Gasteiger partial charge < -0.3 is 14.2 Å². The van der Waals surface area contributed by atoms with Gasteiger partial charge in [-0.3, -0.25) is 0 Å². The maximum absolute atomic E-state index is 5.47. The van der Waals surface area contributed by atoms with E-state index in [9.17, 15) is 0 Å². The third-order valence-corrected chi connectivity index (χ3v) is 1.84. The van der Waals surface area contributed by atoms with Crippen LogP contribution < -0.4 is 0 Å². The van der Waals surface area contributed by atoms with Crippen LogP contribution in [0.25, 0.3) is 0 Å². The van der Waals surface area contributed by atoms with E-state index in [4.69, 9.17) is 14.2 Å². The molecule has 0 aliphatic rings. The van der Waals surface area contributed by atoms with Gasteiger partial charge in [-0.1, -0.05) is 6.92 Å². The third kappa shape index (κ3) is 6.95. The molecule has 5 heteroatoms. The average molecular weight is 240 g/mol. The van der Waals surface area contributed by atoms with Gasteiger partial charge in [-0.15, -0.1) is 0 Å². The minimum absolute atomic E-state index is 0.510. The Labute approximate surface area is 97.3 Å². The second kappa shape index (κ2) is 8.85. The highest BCUT2D eigenvalue weighted by Crippen LogP contribution is 2.15. The summed E-state index contributed by atoms with van der Waals surface area (Å²) in [6, 6.07) is 0. The van der Waals surface area contributed by atoms with E-state index in [1.807, 2.05) is 6.92 Å². The second-order valence-corrected chi connectivity index (χ2v) is 3.75. The van der Waals surface area contributed by atoms with Crippen molar-refractivity contribution in [3.63, 3.8) is 0 Å². The molecule has 0 rings (SSSR count). The molecule has 3 nitrogen and oxygen atoms in total. The lowest BCUT2D eigenvalue weighted by molar-refractivity contribution is -0.366. The number of rotatable bonds is 9. The zero-order valence-electron chi connectivity index (χ0n) is 8.86. The molecule has 0 fully saturated rings. The van der Waals surface area contributed by atoms with E-state index in [0.29, 0.717) is 31.3 Å². The fourth-order valence-corrected chi connectivity index (χ4v) is 1.06. The van der Waals surface area contributed by atoms with Gasteiger partial charge in [0.05, 0.1) is 19.8 Å². The highest BCUT2D eigenvalue weighted by Gasteiger charge is 2.26. The first kappa shape index (κ1) is 14.6. The van der Waals surface area contributed by atoms with Gasteiger partial charge in [0.15, 0.2) is 0 Å². The van der Waals surface area contributed by atoms with Gasteiger partial charge in [0.1, 0.15) is 0 Å². The standard InChI is InChI=1S/C9H20O3S2/c1-3-4-10-9(2,11-5-7-13)12-6-8-14/h13-14H,3-8H2,1-2H3. The maximum atomic E-state index is 5.47. The third-order valence-electron chi connectivity index (χ3n) is 1.48. The molecule has 0 spiro atoms. The van der Waals surface area contributed by atoms with Gasteiger partial charge in [-0.25, -0.2) is 0 Å². The number of hydrogen-bond acceptors (Lipinski definition) is 5. The molecule has 0 aliphatic heterocycles. The molecule has 0 aromatic carbocycles. The summed E-state index contributed by atoms with van der Waals surface area (Å²) in [4.78, 5) is 0. The van der Waals surface area contributed by atoms with Crippen LogP contribution in [0.3, 0.4) is 0 Å². The summed E-state index contributed by atoms with van der Waals surface area (Å²) in [6.07, 6.45) is 0.935. The van der Waals surface area contributed by atoms with E-state index in [1.165, 1.54) is 0 Å². The monoisotopic (exact) mass is 240 g/mol. The van der Waals surface area contributed by atoms with Crippen molar-refractivity contribution in [2.45, 2.75) is 26.2 Å². The number of hydrogen-bond donors (Lipinski definition) is 2. The zero-order valence-corrected chi connectivity index (χ0v) is 10.7. The summed E-state index contributed by atoms with van der Waals surface area (Å²) in [7, 11) is 0. The van der Waals surface area contributed by atoms with E-state index < -0.39 is 5.97 Å². The molecule has 0 radical (unpaired) electrons. The van der Waals surface area contributed by atoms with Gasteiger partial charge in [-0.2, -0.15) is 25.3 Å². The summed E-state index contributed by atoms with van der Waals surface area (Å²) in [5.41, 5.74) is 0. The van der Waals surface area contributed by atoms with Crippen LogP contribution >= 0.6 is 25.3 Å². The van der Waals surface area contributed by atoms with E-state index in [-0.39, 0.29) is 0 Å². The first-order chi connectivity index (χ1) is 6.68. The van der Waals surface area contributed by atoms with Crippen molar-refractivity contribution < 1.29 is 14.2 Å². The Bertz CT molecular complexity index is 111. The highest BCUT2D eigenvalue weighted by molar-refractivity contribution is 7.80. The maximum Gasteiger partial charge on any atom is 0.279 e. The molecular formula is C9H20O3S2. The molecule has 0 atom stereocenters. The summed E-state index contributed by atoms with van der Waals surface area (Å²) < 4.78 is 16.3. The van der Waals surface area contributed by atoms with Gasteiger partial charge in [0.25, 0.3) is 5.97 Å². The summed E-state index contributed by atoms with van der Waals surface area (Å²) >= 11 is 8.13. The minimum Gasteiger partial charge on any atom is -0.328 e. The van der Waals surface area contributed by atoms with Gasteiger partial charge >= 0.3 is 0 Å². The molecule has 0 aliphatic carbocycles. The predicted octanol–water partition coefficient (Wildman–Crippen LogP) is 1.98. The molecule has 0 bridgehead atoms. The second-order valence-electron chi connectivity index (χ2n) is 2.85. The van der Waals surface area contributed by atoms with Crippen LogP contribution in [-0.2, 0) is 14.2 Å². The van der Waals surface area contributed by atoms with Crippen molar-refractivity contribution in [3.8, 4) is 0 Å². The summed E-state index contributed by atoms with van der Waals surface area (Å²) in [5.74, 6) is 0.353. The number of ether oxygens (including phenoxy) is 3. The van der Waals surface area contributed by atoms with Crippen molar-refractivity contribution in [2.24, 2.45) is 0 Å². The van der Waals surface area contributed by atoms with Crippen LogP contribution in [0.15, 0.2) is 0 Å². The lowest BCUT2D eigenvalue weighted by Crippen LogP contribution is -2.37. The van der Waals surface area contributed by atoms with Crippen LogP contribution in [0.5, 0.6) is 0 Å². The Morgan fingerprint density at radius 2 is 1.36 bits per heavy atom. The van der Waals surface area contributed by atoms with Crippen LogP contribution in [-0.4, -0.2) is 37.3 Å². The van der Waals surface area contributed by atoms with Gasteiger partial charge in [0.2, 0.25) is 0 Å². The number of thiol groups is 2. The quantitative estimate of drug-likeness (QED) is 0.477. The van der Waals surface area contributed by atoms with Crippen LogP contribution in [0.4, 0.5) is 0 Å². The molecule has 0 heterocycles. The Kier molecular flexibility index (Phi) is 9.22. The fourth-order valence-electron chi connectivity index (χ4n) is 0.875. The highest BCUT2D eigenvalue weighted by atomic mass is 32.1. The van der Waals surface area contributed by atoms with E-state index in [0.717, 1.165) is 6.42 Å². The first-order valence-corrected chi connectivity index (χ1v) is 6.08. The fraction of sp³-hybridized carbons (Fsp3) is 1.00. The smallest absolute Gasteiger partial charge is 0.279 e. The van der Waals surface area contributed by atoms with Crippen molar-refractivity contribution in [2.75, 3.05) is 31.3 Å². The lowest BCUT2D eigenvalue weighted by atomic mass is 10.5. The van der Waals surface area contributed by atoms with Crippen LogP contribution in [0.1, 0.15) is 20.3 Å². The van der Waals surface area contributed by atoms with Crippen molar-refractivity contribution in [3.05, 3.63) is 0 Å². The molecule has 0 aromatic rings. The topological polar surface area (TPSA) is 27.7 Å².